The summed E-state index contributed by atoms with van der Waals surface area (Å²) in [5.74, 6) is -0.853. The number of ether oxygens (including phenoxy) is 2. The summed E-state index contributed by atoms with van der Waals surface area (Å²) in [6.45, 7) is 0.372. The molecule has 0 spiro atoms. The van der Waals surface area contributed by atoms with Crippen molar-refractivity contribution >= 4 is 16.0 Å². The zero-order chi connectivity index (χ0) is 20.1. The van der Waals surface area contributed by atoms with Crippen molar-refractivity contribution in [1.29, 1.82) is 0 Å². The second-order valence-corrected chi connectivity index (χ2v) is 8.55. The molecule has 1 unspecified atom stereocenters. The zero-order valence-electron chi connectivity index (χ0n) is 15.5. The molecule has 0 aliphatic carbocycles. The normalized spacial score (nSPS) is 17.9. The number of hydrogen-bond donors (Lipinski definition) is 0. The number of methoxy groups -OCH3 is 1. The van der Waals surface area contributed by atoms with Crippen LogP contribution in [0.15, 0.2) is 53.4 Å². The van der Waals surface area contributed by atoms with Gasteiger partial charge in [-0.15, -0.1) is 0 Å². The molecule has 150 valence electrons. The van der Waals surface area contributed by atoms with Gasteiger partial charge in [0.25, 0.3) is 0 Å². The van der Waals surface area contributed by atoms with Gasteiger partial charge in [0.2, 0.25) is 10.0 Å². The first-order chi connectivity index (χ1) is 13.4. The van der Waals surface area contributed by atoms with Crippen molar-refractivity contribution in [2.24, 2.45) is 5.92 Å². The van der Waals surface area contributed by atoms with Crippen molar-refractivity contribution in [3.05, 3.63) is 59.9 Å². The summed E-state index contributed by atoms with van der Waals surface area (Å²) in [7, 11) is -2.20. The van der Waals surface area contributed by atoms with E-state index in [0.717, 1.165) is 0 Å². The summed E-state index contributed by atoms with van der Waals surface area (Å²) in [6, 6.07) is 12.0. The molecule has 2 aromatic rings. The predicted molar refractivity (Wildman–Crippen MR) is 101 cm³/mol. The number of esters is 1. The van der Waals surface area contributed by atoms with E-state index in [1.807, 2.05) is 0 Å². The SMILES string of the molecule is COc1ccc(S(=O)(=O)N2CCCC(C(=O)OCc3cccc(F)c3)C2)cc1. The van der Waals surface area contributed by atoms with Crippen molar-refractivity contribution in [2.45, 2.75) is 24.3 Å². The van der Waals surface area contributed by atoms with E-state index in [9.17, 15) is 17.6 Å². The van der Waals surface area contributed by atoms with Crippen molar-refractivity contribution in [1.82, 2.24) is 4.31 Å². The Morgan fingerprint density at radius 2 is 1.96 bits per heavy atom. The fourth-order valence-corrected chi connectivity index (χ4v) is 4.67. The fourth-order valence-electron chi connectivity index (χ4n) is 3.15. The van der Waals surface area contributed by atoms with Gasteiger partial charge in [-0.25, -0.2) is 12.8 Å². The van der Waals surface area contributed by atoms with Gasteiger partial charge in [0.1, 0.15) is 18.2 Å². The Labute approximate surface area is 163 Å². The summed E-state index contributed by atoms with van der Waals surface area (Å²) in [4.78, 5) is 12.5. The van der Waals surface area contributed by atoms with E-state index in [0.29, 0.717) is 30.7 Å². The van der Waals surface area contributed by atoms with Gasteiger partial charge in [-0.05, 0) is 54.8 Å². The summed E-state index contributed by atoms with van der Waals surface area (Å²) >= 11 is 0. The number of hydrogen-bond acceptors (Lipinski definition) is 5. The first kappa shape index (κ1) is 20.3. The average Bonchev–Trinajstić information content (AvgIpc) is 2.72. The Balaban J connectivity index is 1.64. The molecular weight excluding hydrogens is 385 g/mol. The third-order valence-electron chi connectivity index (χ3n) is 4.68. The van der Waals surface area contributed by atoms with E-state index in [1.54, 1.807) is 24.3 Å². The van der Waals surface area contributed by atoms with Crippen LogP contribution < -0.4 is 4.74 Å². The number of rotatable bonds is 6. The molecule has 1 atom stereocenters. The molecule has 0 radical (unpaired) electrons. The fraction of sp³-hybridized carbons (Fsp3) is 0.350. The van der Waals surface area contributed by atoms with Crippen LogP contribution in [-0.4, -0.2) is 38.9 Å². The molecule has 1 heterocycles. The van der Waals surface area contributed by atoms with Crippen LogP contribution in [0.3, 0.4) is 0 Å². The quantitative estimate of drug-likeness (QED) is 0.689. The lowest BCUT2D eigenvalue weighted by atomic mass is 10.00. The van der Waals surface area contributed by atoms with Crippen LogP contribution in [0.5, 0.6) is 5.75 Å². The summed E-state index contributed by atoms with van der Waals surface area (Å²) < 4.78 is 50.6. The van der Waals surface area contributed by atoms with Crippen molar-refractivity contribution in [3.8, 4) is 5.75 Å². The number of benzene rings is 2. The number of piperidine rings is 1. The number of nitrogens with zero attached hydrogens (tertiary/aromatic N) is 1. The van der Waals surface area contributed by atoms with Gasteiger partial charge in [0, 0.05) is 13.1 Å². The average molecular weight is 407 g/mol. The molecule has 0 N–H and O–H groups in total. The van der Waals surface area contributed by atoms with Gasteiger partial charge in [-0.3, -0.25) is 4.79 Å². The maximum absolute atomic E-state index is 13.2. The van der Waals surface area contributed by atoms with Crippen LogP contribution in [0.1, 0.15) is 18.4 Å². The molecule has 0 saturated carbocycles. The standard InChI is InChI=1S/C20H22FNO5S/c1-26-18-7-9-19(10-8-18)28(24,25)22-11-3-5-16(13-22)20(23)27-14-15-4-2-6-17(21)12-15/h2,4,6-10,12,16H,3,5,11,13-14H2,1H3. The molecule has 2 aromatic carbocycles. The molecule has 0 amide bonds. The molecule has 1 saturated heterocycles. The highest BCUT2D eigenvalue weighted by atomic mass is 32.2. The minimum absolute atomic E-state index is 0.0433. The minimum atomic E-state index is -3.71. The molecular formula is C20H22FNO5S. The molecule has 0 aromatic heterocycles. The molecule has 0 bridgehead atoms. The molecule has 3 rings (SSSR count). The van der Waals surface area contributed by atoms with Crippen LogP contribution in [0, 0.1) is 11.7 Å². The van der Waals surface area contributed by atoms with Crippen LogP contribution in [-0.2, 0) is 26.2 Å². The highest BCUT2D eigenvalue weighted by Gasteiger charge is 2.34. The first-order valence-corrected chi connectivity index (χ1v) is 10.4. The van der Waals surface area contributed by atoms with Crippen LogP contribution >= 0.6 is 0 Å². The maximum atomic E-state index is 13.2. The number of carbonyl (C=O) groups is 1. The maximum Gasteiger partial charge on any atom is 0.310 e. The van der Waals surface area contributed by atoms with Crippen LogP contribution in [0.2, 0.25) is 0 Å². The Kier molecular flexibility index (Phi) is 6.31. The van der Waals surface area contributed by atoms with Crippen molar-refractivity contribution in [3.63, 3.8) is 0 Å². The smallest absolute Gasteiger partial charge is 0.310 e. The van der Waals surface area contributed by atoms with Gasteiger partial charge in [0.15, 0.2) is 0 Å². The van der Waals surface area contributed by atoms with Gasteiger partial charge < -0.3 is 9.47 Å². The molecule has 8 heteroatoms. The van der Waals surface area contributed by atoms with Crippen molar-refractivity contribution < 1.29 is 27.1 Å². The van der Waals surface area contributed by atoms with E-state index < -0.39 is 27.7 Å². The summed E-state index contributed by atoms with van der Waals surface area (Å²) in [5.41, 5.74) is 0.548. The van der Waals surface area contributed by atoms with E-state index in [2.05, 4.69) is 0 Å². The largest absolute Gasteiger partial charge is 0.497 e. The Bertz CT molecular complexity index is 930. The summed E-state index contributed by atoms with van der Waals surface area (Å²) in [6.07, 6.45) is 1.12. The Hall–Kier alpha value is -2.45. The molecule has 28 heavy (non-hydrogen) atoms. The number of halogens is 1. The molecule has 1 aliphatic heterocycles. The highest BCUT2D eigenvalue weighted by Crippen LogP contribution is 2.26. The van der Waals surface area contributed by atoms with E-state index in [1.165, 1.54) is 35.7 Å². The Morgan fingerprint density at radius 1 is 1.21 bits per heavy atom. The second kappa shape index (κ2) is 8.70. The van der Waals surface area contributed by atoms with Gasteiger partial charge in [0.05, 0.1) is 17.9 Å². The Morgan fingerprint density at radius 3 is 2.64 bits per heavy atom. The monoisotopic (exact) mass is 407 g/mol. The highest BCUT2D eigenvalue weighted by molar-refractivity contribution is 7.89. The van der Waals surface area contributed by atoms with Gasteiger partial charge >= 0.3 is 5.97 Å². The summed E-state index contributed by atoms with van der Waals surface area (Å²) in [5, 5.41) is 0. The lowest BCUT2D eigenvalue weighted by molar-refractivity contribution is -0.151. The van der Waals surface area contributed by atoms with Crippen LogP contribution in [0.25, 0.3) is 0 Å². The second-order valence-electron chi connectivity index (χ2n) is 6.62. The topological polar surface area (TPSA) is 72.9 Å². The van der Waals surface area contributed by atoms with Gasteiger partial charge in [-0.1, -0.05) is 12.1 Å². The predicted octanol–water partition coefficient (Wildman–Crippen LogP) is 2.98. The third-order valence-corrected chi connectivity index (χ3v) is 6.56. The molecule has 1 fully saturated rings. The molecule has 1 aliphatic rings. The van der Waals surface area contributed by atoms with E-state index >= 15 is 0 Å². The van der Waals surface area contributed by atoms with Crippen molar-refractivity contribution in [2.75, 3.05) is 20.2 Å². The lowest BCUT2D eigenvalue weighted by Crippen LogP contribution is -2.42. The third kappa shape index (κ3) is 4.69. The minimum Gasteiger partial charge on any atom is -0.497 e. The number of carbonyl (C=O) groups excluding carboxylic acids is 1. The number of sulfonamides is 1. The van der Waals surface area contributed by atoms with E-state index in [4.69, 9.17) is 9.47 Å². The lowest BCUT2D eigenvalue weighted by Gasteiger charge is -2.30. The first-order valence-electron chi connectivity index (χ1n) is 8.95. The van der Waals surface area contributed by atoms with Crippen LogP contribution in [0.4, 0.5) is 4.39 Å². The zero-order valence-corrected chi connectivity index (χ0v) is 16.3. The van der Waals surface area contributed by atoms with E-state index in [-0.39, 0.29) is 18.0 Å². The molecule has 6 nitrogen and oxygen atoms in total. The van der Waals surface area contributed by atoms with Gasteiger partial charge in [-0.2, -0.15) is 4.31 Å².